The van der Waals surface area contributed by atoms with Gasteiger partial charge in [-0.05, 0) is 12.1 Å². The summed E-state index contributed by atoms with van der Waals surface area (Å²) >= 11 is 6.06. The zero-order valence-electron chi connectivity index (χ0n) is 8.31. The second-order valence-corrected chi connectivity index (χ2v) is 3.51. The highest BCUT2D eigenvalue weighted by Crippen LogP contribution is 2.22. The number of hydrogen-bond acceptors (Lipinski definition) is 3. The average Bonchev–Trinajstić information content (AvgIpc) is 2.57. The maximum absolute atomic E-state index is 6.06. The second-order valence-electron chi connectivity index (χ2n) is 3.15. The van der Waals surface area contributed by atoms with Crippen molar-refractivity contribution in [2.75, 3.05) is 0 Å². The van der Waals surface area contributed by atoms with Crippen LogP contribution in [0.3, 0.4) is 0 Å². The van der Waals surface area contributed by atoms with E-state index in [1.165, 1.54) is 0 Å². The van der Waals surface area contributed by atoms with Gasteiger partial charge in [0.1, 0.15) is 10.8 Å². The molecule has 0 aliphatic rings. The van der Waals surface area contributed by atoms with Gasteiger partial charge < -0.3 is 10.3 Å². The van der Waals surface area contributed by atoms with Crippen LogP contribution in [0.25, 0.3) is 11.5 Å². The molecular weight excluding hydrogens is 212 g/mol. The highest BCUT2D eigenvalue weighted by atomic mass is 35.5. The van der Waals surface area contributed by atoms with Crippen LogP contribution in [0.15, 0.2) is 24.4 Å². The molecule has 2 aromatic heterocycles. The van der Waals surface area contributed by atoms with Crippen molar-refractivity contribution in [1.82, 2.24) is 14.5 Å². The third kappa shape index (κ3) is 1.73. The van der Waals surface area contributed by atoms with E-state index in [1.54, 1.807) is 10.8 Å². The minimum atomic E-state index is 0.333. The number of imidazole rings is 1. The van der Waals surface area contributed by atoms with Crippen molar-refractivity contribution in [3.05, 3.63) is 35.2 Å². The van der Waals surface area contributed by atoms with E-state index >= 15 is 0 Å². The SMILES string of the molecule is Cn1c(-c2ccccn2)nc(CN)c1Cl. The Labute approximate surface area is 92.7 Å². The summed E-state index contributed by atoms with van der Waals surface area (Å²) in [5.41, 5.74) is 7.02. The van der Waals surface area contributed by atoms with Gasteiger partial charge in [0.15, 0.2) is 5.82 Å². The molecule has 0 aliphatic heterocycles. The molecule has 2 N–H and O–H groups in total. The van der Waals surface area contributed by atoms with Crippen molar-refractivity contribution in [2.24, 2.45) is 12.8 Å². The van der Waals surface area contributed by atoms with Gasteiger partial charge in [0.05, 0.1) is 5.69 Å². The molecule has 2 heterocycles. The van der Waals surface area contributed by atoms with Crippen LogP contribution in [0.4, 0.5) is 0 Å². The largest absolute Gasteiger partial charge is 0.325 e. The first-order valence-electron chi connectivity index (χ1n) is 4.56. The number of rotatable bonds is 2. The molecule has 0 fully saturated rings. The highest BCUT2D eigenvalue weighted by molar-refractivity contribution is 6.30. The number of halogens is 1. The molecule has 0 aliphatic carbocycles. The van der Waals surface area contributed by atoms with E-state index in [0.29, 0.717) is 17.4 Å². The lowest BCUT2D eigenvalue weighted by Crippen LogP contribution is -1.97. The standard InChI is InChI=1S/C10H11ClN4/c1-15-9(11)8(6-12)14-10(15)7-4-2-3-5-13-7/h2-5H,6,12H2,1H3. The highest BCUT2D eigenvalue weighted by Gasteiger charge is 2.13. The van der Waals surface area contributed by atoms with Crippen LogP contribution < -0.4 is 5.73 Å². The quantitative estimate of drug-likeness (QED) is 0.840. The van der Waals surface area contributed by atoms with Crippen molar-refractivity contribution < 1.29 is 0 Å². The summed E-state index contributed by atoms with van der Waals surface area (Å²) in [6.07, 6.45) is 1.72. The molecule has 0 amide bonds. The monoisotopic (exact) mass is 222 g/mol. The molecule has 0 saturated carbocycles. The molecule has 15 heavy (non-hydrogen) atoms. The molecule has 0 saturated heterocycles. The summed E-state index contributed by atoms with van der Waals surface area (Å²) in [5.74, 6) is 0.737. The normalized spacial score (nSPS) is 10.6. The zero-order chi connectivity index (χ0) is 10.8. The third-order valence-electron chi connectivity index (χ3n) is 2.18. The van der Waals surface area contributed by atoms with E-state index in [4.69, 9.17) is 17.3 Å². The fourth-order valence-electron chi connectivity index (χ4n) is 1.39. The summed E-state index contributed by atoms with van der Waals surface area (Å²) in [7, 11) is 1.85. The molecule has 2 aromatic rings. The van der Waals surface area contributed by atoms with Gasteiger partial charge in [-0.15, -0.1) is 0 Å². The molecular formula is C10H11ClN4. The summed E-state index contributed by atoms with van der Waals surface area (Å²) in [5, 5.41) is 0.568. The lowest BCUT2D eigenvalue weighted by atomic mass is 10.3. The molecule has 0 atom stereocenters. The predicted octanol–water partition coefficient (Wildman–Crippen LogP) is 1.59. The number of aromatic nitrogens is 3. The molecule has 5 heteroatoms. The van der Waals surface area contributed by atoms with E-state index in [2.05, 4.69) is 9.97 Å². The molecule has 0 unspecified atom stereocenters. The van der Waals surface area contributed by atoms with Crippen LogP contribution in [-0.2, 0) is 13.6 Å². The average molecular weight is 223 g/mol. The Morgan fingerprint density at radius 1 is 1.47 bits per heavy atom. The van der Waals surface area contributed by atoms with Gasteiger partial charge in [0, 0.05) is 19.8 Å². The Morgan fingerprint density at radius 2 is 2.27 bits per heavy atom. The third-order valence-corrected chi connectivity index (χ3v) is 2.65. The van der Waals surface area contributed by atoms with Gasteiger partial charge in [-0.2, -0.15) is 0 Å². The Balaban J connectivity index is 2.55. The van der Waals surface area contributed by atoms with Crippen LogP contribution in [-0.4, -0.2) is 14.5 Å². The van der Waals surface area contributed by atoms with E-state index in [9.17, 15) is 0 Å². The number of nitrogens with zero attached hydrogens (tertiary/aromatic N) is 3. The minimum absolute atomic E-state index is 0.333. The summed E-state index contributed by atoms with van der Waals surface area (Å²) in [6.45, 7) is 0.333. The van der Waals surface area contributed by atoms with Gasteiger partial charge in [0.25, 0.3) is 0 Å². The molecule has 0 bridgehead atoms. The first-order valence-corrected chi connectivity index (χ1v) is 4.94. The summed E-state index contributed by atoms with van der Waals surface area (Å²) < 4.78 is 1.78. The summed E-state index contributed by atoms with van der Waals surface area (Å²) in [4.78, 5) is 8.56. The fraction of sp³-hybridized carbons (Fsp3) is 0.200. The van der Waals surface area contributed by atoms with Gasteiger partial charge in [-0.1, -0.05) is 17.7 Å². The van der Waals surface area contributed by atoms with Crippen LogP contribution in [0.1, 0.15) is 5.69 Å². The molecule has 2 rings (SSSR count). The predicted molar refractivity (Wildman–Crippen MR) is 59.3 cm³/mol. The molecule has 78 valence electrons. The molecule has 4 nitrogen and oxygen atoms in total. The van der Waals surface area contributed by atoms with E-state index in [-0.39, 0.29) is 0 Å². The molecule has 0 aromatic carbocycles. The Bertz CT molecular complexity index is 464. The number of nitrogens with two attached hydrogens (primary N) is 1. The first-order chi connectivity index (χ1) is 7.24. The maximum Gasteiger partial charge on any atom is 0.159 e. The Morgan fingerprint density at radius 3 is 2.80 bits per heavy atom. The lowest BCUT2D eigenvalue weighted by molar-refractivity contribution is 0.916. The van der Waals surface area contributed by atoms with Crippen molar-refractivity contribution in [3.8, 4) is 11.5 Å². The van der Waals surface area contributed by atoms with Gasteiger partial charge >= 0.3 is 0 Å². The Hall–Kier alpha value is -1.39. The van der Waals surface area contributed by atoms with Crippen LogP contribution in [0.5, 0.6) is 0 Å². The molecule has 0 spiro atoms. The van der Waals surface area contributed by atoms with Crippen LogP contribution in [0.2, 0.25) is 5.15 Å². The van der Waals surface area contributed by atoms with E-state index < -0.39 is 0 Å². The van der Waals surface area contributed by atoms with Gasteiger partial charge in [-0.3, -0.25) is 4.98 Å². The van der Waals surface area contributed by atoms with Crippen LogP contribution in [0, 0.1) is 0 Å². The second kappa shape index (κ2) is 4.00. The van der Waals surface area contributed by atoms with Crippen molar-refractivity contribution in [1.29, 1.82) is 0 Å². The van der Waals surface area contributed by atoms with E-state index in [0.717, 1.165) is 11.5 Å². The van der Waals surface area contributed by atoms with Crippen molar-refractivity contribution in [2.45, 2.75) is 6.54 Å². The van der Waals surface area contributed by atoms with E-state index in [1.807, 2.05) is 25.2 Å². The smallest absolute Gasteiger partial charge is 0.159 e. The zero-order valence-corrected chi connectivity index (χ0v) is 9.07. The minimum Gasteiger partial charge on any atom is -0.325 e. The number of hydrogen-bond donors (Lipinski definition) is 1. The van der Waals surface area contributed by atoms with Crippen molar-refractivity contribution in [3.63, 3.8) is 0 Å². The molecule has 0 radical (unpaired) electrons. The fourth-order valence-corrected chi connectivity index (χ4v) is 1.59. The topological polar surface area (TPSA) is 56.7 Å². The first kappa shape index (κ1) is 10.1. The van der Waals surface area contributed by atoms with Gasteiger partial charge in [0.2, 0.25) is 0 Å². The maximum atomic E-state index is 6.06. The summed E-state index contributed by atoms with van der Waals surface area (Å²) in [6, 6.07) is 5.66. The lowest BCUT2D eigenvalue weighted by Gasteiger charge is -2.00. The van der Waals surface area contributed by atoms with Crippen molar-refractivity contribution >= 4 is 11.6 Å². The van der Waals surface area contributed by atoms with Gasteiger partial charge in [-0.25, -0.2) is 4.98 Å². The Kier molecular flexibility index (Phi) is 2.70. The van der Waals surface area contributed by atoms with Crippen LogP contribution >= 0.6 is 11.6 Å². The number of pyridine rings is 1.